The number of methoxy groups -OCH3 is 1. The number of rotatable bonds is 3. The molecule has 0 unspecified atom stereocenters. The molecule has 1 aromatic carbocycles. The lowest BCUT2D eigenvalue weighted by Gasteiger charge is -2.23. The molecular formula is C14H24IN3O. The second kappa shape index (κ2) is 8.24. The summed E-state index contributed by atoms with van der Waals surface area (Å²) in [6, 6.07) is 7.99. The average molecular weight is 377 g/mol. The Morgan fingerprint density at radius 2 is 1.79 bits per heavy atom. The highest BCUT2D eigenvalue weighted by Crippen LogP contribution is 2.10. The first-order valence-electron chi connectivity index (χ1n) is 6.06. The Kier molecular flexibility index (Phi) is 7.82. The molecule has 0 spiro atoms. The molecule has 0 atom stereocenters. The van der Waals surface area contributed by atoms with E-state index in [1.54, 1.807) is 14.2 Å². The Morgan fingerprint density at radius 3 is 2.21 bits per heavy atom. The van der Waals surface area contributed by atoms with Gasteiger partial charge in [0.05, 0.1) is 7.11 Å². The Balaban J connectivity index is 0.00000324. The third-order valence-electron chi connectivity index (χ3n) is 2.34. The molecule has 0 aromatic heterocycles. The Morgan fingerprint density at radius 1 is 1.21 bits per heavy atom. The summed E-state index contributed by atoms with van der Waals surface area (Å²) < 4.78 is 5.13. The molecule has 0 aliphatic rings. The fourth-order valence-electron chi connectivity index (χ4n) is 1.46. The molecule has 1 rings (SSSR count). The summed E-state index contributed by atoms with van der Waals surface area (Å²) >= 11 is 0. The van der Waals surface area contributed by atoms with Crippen molar-refractivity contribution in [2.24, 2.45) is 4.99 Å². The number of guanidine groups is 1. The van der Waals surface area contributed by atoms with Gasteiger partial charge in [-0.25, -0.2) is 0 Å². The number of hydrogen-bond acceptors (Lipinski definition) is 2. The van der Waals surface area contributed by atoms with Crippen LogP contribution >= 0.6 is 24.0 Å². The molecule has 1 aromatic rings. The van der Waals surface area contributed by atoms with Gasteiger partial charge >= 0.3 is 0 Å². The van der Waals surface area contributed by atoms with Crippen molar-refractivity contribution < 1.29 is 4.74 Å². The predicted molar refractivity (Wildman–Crippen MR) is 91.5 cm³/mol. The maximum Gasteiger partial charge on any atom is 0.191 e. The van der Waals surface area contributed by atoms with Crippen LogP contribution in [0.5, 0.6) is 5.75 Å². The first kappa shape index (κ1) is 18.0. The van der Waals surface area contributed by atoms with Crippen molar-refractivity contribution in [1.29, 1.82) is 0 Å². The molecular weight excluding hydrogens is 353 g/mol. The van der Waals surface area contributed by atoms with Crippen LogP contribution in [0.2, 0.25) is 0 Å². The normalized spacial score (nSPS) is 11.5. The fraction of sp³-hybridized carbons (Fsp3) is 0.500. The molecule has 2 N–H and O–H groups in total. The summed E-state index contributed by atoms with van der Waals surface area (Å²) in [5, 5.41) is 6.59. The van der Waals surface area contributed by atoms with Gasteiger partial charge in [0.15, 0.2) is 5.96 Å². The van der Waals surface area contributed by atoms with E-state index in [1.807, 2.05) is 24.3 Å². The first-order valence-corrected chi connectivity index (χ1v) is 6.06. The van der Waals surface area contributed by atoms with Crippen LogP contribution in [0, 0.1) is 0 Å². The molecule has 0 fully saturated rings. The van der Waals surface area contributed by atoms with Gasteiger partial charge in [-0.1, -0.05) is 12.1 Å². The van der Waals surface area contributed by atoms with E-state index in [4.69, 9.17) is 4.74 Å². The van der Waals surface area contributed by atoms with Crippen LogP contribution < -0.4 is 15.4 Å². The van der Waals surface area contributed by atoms with E-state index in [9.17, 15) is 0 Å². The van der Waals surface area contributed by atoms with Crippen LogP contribution in [0.4, 0.5) is 0 Å². The van der Waals surface area contributed by atoms with Gasteiger partial charge in [0.2, 0.25) is 0 Å². The molecule has 19 heavy (non-hydrogen) atoms. The zero-order valence-corrected chi connectivity index (χ0v) is 14.6. The lowest BCUT2D eigenvalue weighted by Crippen LogP contribution is -2.47. The standard InChI is InChI=1S/C14H23N3O.HI/c1-14(2,3)17-13(15-4)16-10-11-6-8-12(18-5)9-7-11;/h6-9H,10H2,1-5H3,(H2,15,16,17);1H. The van der Waals surface area contributed by atoms with Crippen LogP contribution in [0.3, 0.4) is 0 Å². The van der Waals surface area contributed by atoms with Crippen molar-refractivity contribution in [1.82, 2.24) is 10.6 Å². The number of benzene rings is 1. The summed E-state index contributed by atoms with van der Waals surface area (Å²) in [6.07, 6.45) is 0. The summed E-state index contributed by atoms with van der Waals surface area (Å²) in [7, 11) is 3.44. The first-order chi connectivity index (χ1) is 8.44. The SMILES string of the molecule is CN=C(NCc1ccc(OC)cc1)NC(C)(C)C.I. The molecule has 0 saturated heterocycles. The third kappa shape index (κ3) is 7.25. The molecule has 0 saturated carbocycles. The Labute approximate surface area is 133 Å². The molecule has 0 radical (unpaired) electrons. The Bertz CT molecular complexity index is 396. The van der Waals surface area contributed by atoms with Gasteiger partial charge in [-0.15, -0.1) is 24.0 Å². The molecule has 0 bridgehead atoms. The molecule has 4 nitrogen and oxygen atoms in total. The molecule has 0 aliphatic heterocycles. The smallest absolute Gasteiger partial charge is 0.191 e. The predicted octanol–water partition coefficient (Wildman–Crippen LogP) is 2.78. The average Bonchev–Trinajstić information content (AvgIpc) is 2.33. The van der Waals surface area contributed by atoms with Gasteiger partial charge in [-0.2, -0.15) is 0 Å². The summed E-state index contributed by atoms with van der Waals surface area (Å²) in [5.74, 6) is 1.68. The highest BCUT2D eigenvalue weighted by molar-refractivity contribution is 14.0. The molecule has 0 amide bonds. The van der Waals surface area contributed by atoms with Gasteiger partial charge in [-0.05, 0) is 38.5 Å². The molecule has 108 valence electrons. The van der Waals surface area contributed by atoms with Crippen LogP contribution in [0.15, 0.2) is 29.3 Å². The molecule has 0 aliphatic carbocycles. The number of hydrogen-bond donors (Lipinski definition) is 2. The minimum absolute atomic E-state index is 0. The monoisotopic (exact) mass is 377 g/mol. The van der Waals surface area contributed by atoms with E-state index >= 15 is 0 Å². The van der Waals surface area contributed by atoms with Crippen LogP contribution in [-0.4, -0.2) is 25.7 Å². The number of nitrogens with one attached hydrogen (secondary N) is 2. The Hall–Kier alpha value is -0.980. The second-order valence-corrected chi connectivity index (χ2v) is 5.15. The van der Waals surface area contributed by atoms with Crippen molar-refractivity contribution in [2.75, 3.05) is 14.2 Å². The third-order valence-corrected chi connectivity index (χ3v) is 2.34. The maximum atomic E-state index is 5.13. The number of halogens is 1. The molecule has 5 heteroatoms. The minimum Gasteiger partial charge on any atom is -0.497 e. The lowest BCUT2D eigenvalue weighted by atomic mass is 10.1. The van der Waals surface area contributed by atoms with E-state index in [-0.39, 0.29) is 29.5 Å². The summed E-state index contributed by atoms with van der Waals surface area (Å²) in [4.78, 5) is 4.19. The van der Waals surface area contributed by atoms with Crippen LogP contribution in [0.25, 0.3) is 0 Å². The highest BCUT2D eigenvalue weighted by Gasteiger charge is 2.11. The van der Waals surface area contributed by atoms with E-state index < -0.39 is 0 Å². The zero-order chi connectivity index (χ0) is 13.6. The van der Waals surface area contributed by atoms with E-state index in [0.29, 0.717) is 0 Å². The number of nitrogens with zero attached hydrogens (tertiary/aromatic N) is 1. The number of aliphatic imine (C=N–C) groups is 1. The van der Waals surface area contributed by atoms with Gasteiger partial charge in [0.1, 0.15) is 5.75 Å². The van der Waals surface area contributed by atoms with Gasteiger partial charge < -0.3 is 15.4 Å². The van der Waals surface area contributed by atoms with Crippen LogP contribution in [0.1, 0.15) is 26.3 Å². The highest BCUT2D eigenvalue weighted by atomic mass is 127. The minimum atomic E-state index is 0. The summed E-state index contributed by atoms with van der Waals surface area (Å²) in [5.41, 5.74) is 1.19. The van der Waals surface area contributed by atoms with Gasteiger partial charge in [0.25, 0.3) is 0 Å². The van der Waals surface area contributed by atoms with E-state index in [1.165, 1.54) is 5.56 Å². The van der Waals surface area contributed by atoms with Crippen molar-refractivity contribution in [2.45, 2.75) is 32.9 Å². The van der Waals surface area contributed by atoms with Crippen molar-refractivity contribution in [3.05, 3.63) is 29.8 Å². The van der Waals surface area contributed by atoms with Gasteiger partial charge in [0, 0.05) is 19.1 Å². The topological polar surface area (TPSA) is 45.7 Å². The van der Waals surface area contributed by atoms with E-state index in [2.05, 4.69) is 36.4 Å². The van der Waals surface area contributed by atoms with Crippen molar-refractivity contribution in [3.63, 3.8) is 0 Å². The zero-order valence-electron chi connectivity index (χ0n) is 12.3. The maximum absolute atomic E-state index is 5.13. The van der Waals surface area contributed by atoms with Gasteiger partial charge in [-0.3, -0.25) is 4.99 Å². The molecule has 0 heterocycles. The summed E-state index contributed by atoms with van der Waals surface area (Å²) in [6.45, 7) is 7.05. The quantitative estimate of drug-likeness (QED) is 0.484. The lowest BCUT2D eigenvalue weighted by molar-refractivity contribution is 0.414. The fourth-order valence-corrected chi connectivity index (χ4v) is 1.46. The van der Waals surface area contributed by atoms with Crippen LogP contribution in [-0.2, 0) is 6.54 Å². The largest absolute Gasteiger partial charge is 0.497 e. The van der Waals surface area contributed by atoms with Crippen molar-refractivity contribution in [3.8, 4) is 5.75 Å². The second-order valence-electron chi connectivity index (χ2n) is 5.15. The van der Waals surface area contributed by atoms with Crippen molar-refractivity contribution >= 4 is 29.9 Å². The number of ether oxygens (including phenoxy) is 1. The van der Waals surface area contributed by atoms with E-state index in [0.717, 1.165) is 18.3 Å².